The summed E-state index contributed by atoms with van der Waals surface area (Å²) in [5.41, 5.74) is 5.01. The highest BCUT2D eigenvalue weighted by atomic mass is 19.1. The van der Waals surface area contributed by atoms with Gasteiger partial charge < -0.3 is 4.74 Å². The Kier molecular flexibility index (Phi) is 4.99. The average molecular weight is 381 g/mol. The Balaban J connectivity index is 2.13. The Bertz CT molecular complexity index is 950. The minimum atomic E-state index is -0.391. The smallest absolute Gasteiger partial charge is 0.337 e. The molecule has 0 saturated carbocycles. The Morgan fingerprint density at radius 2 is 1.57 bits per heavy atom. The first-order valence-corrected chi connectivity index (χ1v) is 9.71. The van der Waals surface area contributed by atoms with E-state index in [1.807, 2.05) is 6.92 Å². The maximum Gasteiger partial charge on any atom is 0.337 e. The fourth-order valence-corrected chi connectivity index (χ4v) is 4.30. The number of rotatable bonds is 3. The topological polar surface area (TPSA) is 26.3 Å². The minimum Gasteiger partial charge on any atom is -0.465 e. The number of hydrogen-bond acceptors (Lipinski definition) is 2. The van der Waals surface area contributed by atoms with E-state index < -0.39 is 5.97 Å². The number of ether oxygens (including phenoxy) is 1. The van der Waals surface area contributed by atoms with Crippen LogP contribution in [0.5, 0.6) is 0 Å². The molecule has 0 aromatic heterocycles. The number of esters is 1. The van der Waals surface area contributed by atoms with Gasteiger partial charge >= 0.3 is 5.97 Å². The van der Waals surface area contributed by atoms with Crippen LogP contribution in [0.2, 0.25) is 0 Å². The second kappa shape index (κ2) is 6.88. The molecule has 1 aliphatic carbocycles. The Morgan fingerprint density at radius 3 is 2.14 bits per heavy atom. The molecule has 0 amide bonds. The van der Waals surface area contributed by atoms with E-state index in [1.54, 1.807) is 24.3 Å². The molecule has 0 heterocycles. The van der Waals surface area contributed by atoms with Crippen LogP contribution in [0.1, 0.15) is 78.7 Å². The van der Waals surface area contributed by atoms with Gasteiger partial charge in [-0.1, -0.05) is 52.5 Å². The van der Waals surface area contributed by atoms with Crippen LogP contribution in [-0.4, -0.2) is 13.1 Å². The molecule has 28 heavy (non-hydrogen) atoms. The SMILES string of the molecule is C=C(c1ccc(C(=O)OC)cc1)c1c(C)cc2c(c1F)C(C)(C)CCC2(C)C. The summed E-state index contributed by atoms with van der Waals surface area (Å²) in [7, 11) is 1.35. The van der Waals surface area contributed by atoms with Crippen LogP contribution in [0.15, 0.2) is 36.9 Å². The van der Waals surface area contributed by atoms with Gasteiger partial charge in [0.15, 0.2) is 0 Å². The fourth-order valence-electron chi connectivity index (χ4n) is 4.30. The van der Waals surface area contributed by atoms with E-state index in [4.69, 9.17) is 4.74 Å². The first-order chi connectivity index (χ1) is 13.0. The maximum atomic E-state index is 15.9. The van der Waals surface area contributed by atoms with Crippen LogP contribution in [0.25, 0.3) is 5.57 Å². The lowest BCUT2D eigenvalue weighted by Crippen LogP contribution is -2.35. The van der Waals surface area contributed by atoms with Crippen molar-refractivity contribution in [1.29, 1.82) is 0 Å². The van der Waals surface area contributed by atoms with Gasteiger partial charge in [0.05, 0.1) is 12.7 Å². The molecular weight excluding hydrogens is 351 g/mol. The molecule has 0 fully saturated rings. The van der Waals surface area contributed by atoms with E-state index in [1.165, 1.54) is 7.11 Å². The Hall–Kier alpha value is -2.42. The molecule has 3 rings (SSSR count). The Morgan fingerprint density at radius 1 is 1.04 bits per heavy atom. The van der Waals surface area contributed by atoms with Crippen molar-refractivity contribution in [3.8, 4) is 0 Å². The lowest BCUT2D eigenvalue weighted by atomic mass is 9.62. The van der Waals surface area contributed by atoms with Crippen LogP contribution >= 0.6 is 0 Å². The monoisotopic (exact) mass is 380 g/mol. The van der Waals surface area contributed by atoms with E-state index in [0.29, 0.717) is 16.7 Å². The first kappa shape index (κ1) is 20.3. The van der Waals surface area contributed by atoms with Crippen LogP contribution in [0.3, 0.4) is 0 Å². The lowest BCUT2D eigenvalue weighted by Gasteiger charge is -2.42. The molecule has 148 valence electrons. The highest BCUT2D eigenvalue weighted by Crippen LogP contribution is 2.48. The zero-order valence-electron chi connectivity index (χ0n) is 17.7. The molecule has 0 N–H and O–H groups in total. The number of halogens is 1. The van der Waals surface area contributed by atoms with Gasteiger partial charge in [-0.25, -0.2) is 9.18 Å². The molecule has 0 atom stereocenters. The number of hydrogen-bond donors (Lipinski definition) is 0. The van der Waals surface area contributed by atoms with Gasteiger partial charge in [0.2, 0.25) is 0 Å². The van der Waals surface area contributed by atoms with Crippen molar-refractivity contribution in [3.63, 3.8) is 0 Å². The molecule has 0 saturated heterocycles. The zero-order valence-corrected chi connectivity index (χ0v) is 17.7. The molecular formula is C25H29FO2. The molecule has 2 nitrogen and oxygen atoms in total. The summed E-state index contributed by atoms with van der Waals surface area (Å²) < 4.78 is 20.7. The number of methoxy groups -OCH3 is 1. The van der Waals surface area contributed by atoms with Crippen molar-refractivity contribution in [2.45, 2.75) is 58.3 Å². The molecule has 0 spiro atoms. The second-order valence-electron chi connectivity index (χ2n) is 9.12. The van der Waals surface area contributed by atoms with Crippen molar-refractivity contribution >= 4 is 11.5 Å². The van der Waals surface area contributed by atoms with Gasteiger partial charge in [0.25, 0.3) is 0 Å². The Labute approximate surface area is 167 Å². The molecule has 0 bridgehead atoms. The average Bonchev–Trinajstić information content (AvgIpc) is 2.64. The van der Waals surface area contributed by atoms with Gasteiger partial charge in [0.1, 0.15) is 5.82 Å². The molecule has 0 aliphatic heterocycles. The van der Waals surface area contributed by atoms with E-state index in [2.05, 4.69) is 40.3 Å². The zero-order chi connectivity index (χ0) is 20.9. The summed E-state index contributed by atoms with van der Waals surface area (Å²) in [6.07, 6.45) is 1.99. The summed E-state index contributed by atoms with van der Waals surface area (Å²) in [6, 6.07) is 9.10. The highest BCUT2D eigenvalue weighted by molar-refractivity contribution is 5.90. The van der Waals surface area contributed by atoms with Crippen LogP contribution in [-0.2, 0) is 15.6 Å². The second-order valence-corrected chi connectivity index (χ2v) is 9.12. The largest absolute Gasteiger partial charge is 0.465 e. The standard InChI is InChI=1S/C25H29FO2/c1-15-14-19-21(25(5,6)13-12-24(19,3)4)22(26)20(15)16(2)17-8-10-18(11-9-17)23(27)28-7/h8-11,14H,2,12-13H2,1,3-7H3. The number of fused-ring (bicyclic) bond motifs is 1. The van der Waals surface area contributed by atoms with E-state index in [9.17, 15) is 4.79 Å². The van der Waals surface area contributed by atoms with Gasteiger partial charge in [-0.3, -0.25) is 0 Å². The molecule has 1 aliphatic rings. The van der Waals surface area contributed by atoms with E-state index in [0.717, 1.165) is 35.1 Å². The van der Waals surface area contributed by atoms with Crippen LogP contribution in [0, 0.1) is 12.7 Å². The van der Waals surface area contributed by atoms with Crippen molar-refractivity contribution in [2.24, 2.45) is 0 Å². The summed E-state index contributed by atoms with van der Waals surface area (Å²) in [4.78, 5) is 11.7. The molecule has 3 heteroatoms. The minimum absolute atomic E-state index is 0.0432. The summed E-state index contributed by atoms with van der Waals surface area (Å²) >= 11 is 0. The third-order valence-corrected chi connectivity index (χ3v) is 6.20. The third kappa shape index (κ3) is 3.28. The molecule has 0 unspecified atom stereocenters. The normalized spacial score (nSPS) is 17.0. The number of carbonyl (C=O) groups excluding carboxylic acids is 1. The van der Waals surface area contributed by atoms with Gasteiger partial charge in [-0.2, -0.15) is 0 Å². The molecule has 0 radical (unpaired) electrons. The van der Waals surface area contributed by atoms with Crippen LogP contribution in [0.4, 0.5) is 4.39 Å². The first-order valence-electron chi connectivity index (χ1n) is 9.71. The van der Waals surface area contributed by atoms with Gasteiger partial charge in [-0.15, -0.1) is 0 Å². The highest BCUT2D eigenvalue weighted by Gasteiger charge is 2.40. The lowest BCUT2D eigenvalue weighted by molar-refractivity contribution is 0.0600. The van der Waals surface area contributed by atoms with E-state index in [-0.39, 0.29) is 16.6 Å². The van der Waals surface area contributed by atoms with Crippen molar-refractivity contribution in [3.05, 3.63) is 76.1 Å². The van der Waals surface area contributed by atoms with Crippen molar-refractivity contribution < 1.29 is 13.9 Å². The summed E-state index contributed by atoms with van der Waals surface area (Å²) in [6.45, 7) is 14.8. The number of benzene rings is 2. The van der Waals surface area contributed by atoms with Crippen LogP contribution < -0.4 is 0 Å². The van der Waals surface area contributed by atoms with Gasteiger partial charge in [-0.05, 0) is 70.6 Å². The predicted octanol–water partition coefficient (Wildman–Crippen LogP) is 6.33. The number of carbonyl (C=O) groups is 1. The number of aryl methyl sites for hydroxylation is 1. The van der Waals surface area contributed by atoms with E-state index >= 15 is 4.39 Å². The van der Waals surface area contributed by atoms with Crippen molar-refractivity contribution in [1.82, 2.24) is 0 Å². The molecule has 2 aromatic rings. The van der Waals surface area contributed by atoms with Gasteiger partial charge in [0, 0.05) is 5.56 Å². The summed E-state index contributed by atoms with van der Waals surface area (Å²) in [5, 5.41) is 0. The summed E-state index contributed by atoms with van der Waals surface area (Å²) in [5.74, 6) is -0.549. The molecule has 2 aromatic carbocycles. The van der Waals surface area contributed by atoms with Crippen molar-refractivity contribution in [2.75, 3.05) is 7.11 Å². The third-order valence-electron chi connectivity index (χ3n) is 6.20. The maximum absolute atomic E-state index is 15.9. The predicted molar refractivity (Wildman–Crippen MR) is 112 cm³/mol. The fraction of sp³-hybridized carbons (Fsp3) is 0.400. The quantitative estimate of drug-likeness (QED) is 0.582.